The molecule has 2 N–H and O–H groups in total. The Morgan fingerprint density at radius 3 is 2.30 bits per heavy atom. The molecule has 0 saturated carbocycles. The van der Waals surface area contributed by atoms with Gasteiger partial charge in [0.2, 0.25) is 5.91 Å². The van der Waals surface area contributed by atoms with Gasteiger partial charge in [-0.15, -0.1) is 0 Å². The molecule has 2 rings (SSSR count). The van der Waals surface area contributed by atoms with Crippen LogP contribution in [-0.2, 0) is 9.59 Å². The molecule has 0 bridgehead atoms. The van der Waals surface area contributed by atoms with Crippen LogP contribution in [0.3, 0.4) is 0 Å². The van der Waals surface area contributed by atoms with Crippen LogP contribution < -0.4 is 5.32 Å². The molecule has 120 valence electrons. The lowest BCUT2D eigenvalue weighted by Gasteiger charge is -2.20. The number of carboxylic acid groups (broad SMARTS) is 1. The third-order valence-electron chi connectivity index (χ3n) is 3.66. The monoisotopic (exact) mass is 315 g/mol. The summed E-state index contributed by atoms with van der Waals surface area (Å²) in [6.45, 7) is 1.59. The van der Waals surface area contributed by atoms with Crippen molar-refractivity contribution in [2.75, 3.05) is 0 Å². The number of benzene rings is 2. The van der Waals surface area contributed by atoms with Gasteiger partial charge < -0.3 is 10.4 Å². The van der Waals surface area contributed by atoms with Gasteiger partial charge in [-0.05, 0) is 24.1 Å². The molecule has 0 aliphatic heterocycles. The van der Waals surface area contributed by atoms with E-state index in [9.17, 15) is 14.0 Å². The molecule has 0 heterocycles. The summed E-state index contributed by atoms with van der Waals surface area (Å²) in [4.78, 5) is 23.4. The molecule has 5 heteroatoms. The first kappa shape index (κ1) is 16.7. The van der Waals surface area contributed by atoms with Crippen molar-refractivity contribution in [1.82, 2.24) is 5.32 Å². The van der Waals surface area contributed by atoms with Crippen LogP contribution in [0.4, 0.5) is 4.39 Å². The second-order valence-electron chi connectivity index (χ2n) is 5.31. The van der Waals surface area contributed by atoms with E-state index >= 15 is 0 Å². The van der Waals surface area contributed by atoms with Crippen molar-refractivity contribution in [3.63, 3.8) is 0 Å². The molecular weight excluding hydrogens is 297 g/mol. The van der Waals surface area contributed by atoms with E-state index in [-0.39, 0.29) is 12.0 Å². The molecule has 23 heavy (non-hydrogen) atoms. The smallest absolute Gasteiger partial charge is 0.305 e. The van der Waals surface area contributed by atoms with Gasteiger partial charge in [-0.3, -0.25) is 9.59 Å². The molecule has 2 aromatic carbocycles. The van der Waals surface area contributed by atoms with E-state index in [4.69, 9.17) is 5.11 Å². The minimum Gasteiger partial charge on any atom is -0.481 e. The molecular formula is C18H18FNO3. The van der Waals surface area contributed by atoms with Crippen molar-refractivity contribution in [2.24, 2.45) is 0 Å². The highest BCUT2D eigenvalue weighted by atomic mass is 19.1. The van der Waals surface area contributed by atoms with Gasteiger partial charge >= 0.3 is 5.97 Å². The van der Waals surface area contributed by atoms with Gasteiger partial charge in [0.1, 0.15) is 5.82 Å². The minimum atomic E-state index is -1.02. The number of aliphatic carboxylic acids is 1. The molecule has 0 aliphatic carbocycles. The average Bonchev–Trinajstić information content (AvgIpc) is 2.54. The fourth-order valence-electron chi connectivity index (χ4n) is 2.38. The van der Waals surface area contributed by atoms with Crippen LogP contribution in [0.15, 0.2) is 54.6 Å². The normalized spacial score (nSPS) is 13.1. The second-order valence-corrected chi connectivity index (χ2v) is 5.31. The highest BCUT2D eigenvalue weighted by Crippen LogP contribution is 2.22. The largest absolute Gasteiger partial charge is 0.481 e. The van der Waals surface area contributed by atoms with E-state index in [0.29, 0.717) is 5.56 Å². The van der Waals surface area contributed by atoms with Crippen LogP contribution in [0.25, 0.3) is 0 Å². The SMILES string of the molecule is C[C@@H](C(=O)N[C@@H](CC(=O)O)c1ccccc1)c1ccccc1F. The Labute approximate surface area is 134 Å². The van der Waals surface area contributed by atoms with Crippen LogP contribution in [0.5, 0.6) is 0 Å². The number of carboxylic acids is 1. The highest BCUT2D eigenvalue weighted by molar-refractivity contribution is 5.84. The summed E-state index contributed by atoms with van der Waals surface area (Å²) in [5.74, 6) is -2.59. The summed E-state index contributed by atoms with van der Waals surface area (Å²) in [5.41, 5.74) is 0.983. The van der Waals surface area contributed by atoms with Crippen LogP contribution in [-0.4, -0.2) is 17.0 Å². The van der Waals surface area contributed by atoms with E-state index in [1.807, 2.05) is 6.07 Å². The summed E-state index contributed by atoms with van der Waals surface area (Å²) >= 11 is 0. The molecule has 0 fully saturated rings. The Bertz CT molecular complexity index is 688. The fraction of sp³-hybridized carbons (Fsp3) is 0.222. The van der Waals surface area contributed by atoms with Gasteiger partial charge in [-0.25, -0.2) is 4.39 Å². The Kier molecular flexibility index (Phi) is 5.46. The lowest BCUT2D eigenvalue weighted by atomic mass is 9.97. The number of carbonyl (C=O) groups excluding carboxylic acids is 1. The van der Waals surface area contributed by atoms with Gasteiger partial charge in [-0.2, -0.15) is 0 Å². The maximum atomic E-state index is 13.8. The molecule has 1 amide bonds. The first-order valence-corrected chi connectivity index (χ1v) is 7.30. The Morgan fingerprint density at radius 1 is 1.09 bits per heavy atom. The van der Waals surface area contributed by atoms with Gasteiger partial charge in [0.25, 0.3) is 0 Å². The van der Waals surface area contributed by atoms with E-state index < -0.39 is 29.7 Å². The van der Waals surface area contributed by atoms with Crippen molar-refractivity contribution >= 4 is 11.9 Å². The van der Waals surface area contributed by atoms with Crippen LogP contribution in [0, 0.1) is 5.82 Å². The van der Waals surface area contributed by atoms with E-state index in [1.54, 1.807) is 49.4 Å². The molecule has 2 aromatic rings. The van der Waals surface area contributed by atoms with E-state index in [2.05, 4.69) is 5.32 Å². The van der Waals surface area contributed by atoms with Crippen LogP contribution in [0.1, 0.15) is 36.4 Å². The number of hydrogen-bond donors (Lipinski definition) is 2. The lowest BCUT2D eigenvalue weighted by molar-refractivity contribution is -0.137. The third-order valence-corrected chi connectivity index (χ3v) is 3.66. The van der Waals surface area contributed by atoms with Crippen molar-refractivity contribution < 1.29 is 19.1 Å². The first-order valence-electron chi connectivity index (χ1n) is 7.30. The predicted molar refractivity (Wildman–Crippen MR) is 84.4 cm³/mol. The number of rotatable bonds is 6. The Balaban J connectivity index is 2.17. The molecule has 0 radical (unpaired) electrons. The van der Waals surface area contributed by atoms with Crippen molar-refractivity contribution in [2.45, 2.75) is 25.3 Å². The predicted octanol–water partition coefficient (Wildman–Crippen LogP) is 3.26. The lowest BCUT2D eigenvalue weighted by Crippen LogP contribution is -2.33. The second kappa shape index (κ2) is 7.54. The zero-order valence-corrected chi connectivity index (χ0v) is 12.7. The van der Waals surface area contributed by atoms with E-state index in [0.717, 1.165) is 0 Å². The maximum absolute atomic E-state index is 13.8. The first-order chi connectivity index (χ1) is 11.0. The van der Waals surface area contributed by atoms with Crippen LogP contribution >= 0.6 is 0 Å². The number of hydrogen-bond acceptors (Lipinski definition) is 2. The summed E-state index contributed by atoms with van der Waals surface area (Å²) in [7, 11) is 0. The molecule has 4 nitrogen and oxygen atoms in total. The third kappa shape index (κ3) is 4.39. The molecule has 0 unspecified atom stereocenters. The summed E-state index contributed by atoms with van der Waals surface area (Å²) < 4.78 is 13.8. The number of amides is 1. The van der Waals surface area contributed by atoms with Gasteiger partial charge in [0, 0.05) is 0 Å². The standard InChI is InChI=1S/C18H18FNO3/c1-12(14-9-5-6-10-15(14)19)18(23)20-16(11-17(21)22)13-7-3-2-4-8-13/h2-10,12,16H,11H2,1H3,(H,20,23)(H,21,22)/t12-,16+/m1/s1. The molecule has 0 aliphatic rings. The summed E-state index contributed by atoms with van der Waals surface area (Å²) in [6.07, 6.45) is -0.236. The number of carbonyl (C=O) groups is 2. The molecule has 0 saturated heterocycles. The zero-order valence-electron chi connectivity index (χ0n) is 12.7. The highest BCUT2D eigenvalue weighted by Gasteiger charge is 2.23. The van der Waals surface area contributed by atoms with Gasteiger partial charge in [0.05, 0.1) is 18.4 Å². The number of halogens is 1. The minimum absolute atomic E-state index is 0.236. The molecule has 0 aromatic heterocycles. The summed E-state index contributed by atoms with van der Waals surface area (Å²) in [5, 5.41) is 11.8. The van der Waals surface area contributed by atoms with Crippen LogP contribution in [0.2, 0.25) is 0 Å². The van der Waals surface area contributed by atoms with Crippen molar-refractivity contribution in [1.29, 1.82) is 0 Å². The quantitative estimate of drug-likeness (QED) is 0.860. The fourth-order valence-corrected chi connectivity index (χ4v) is 2.38. The zero-order chi connectivity index (χ0) is 16.8. The van der Waals surface area contributed by atoms with Crippen molar-refractivity contribution in [3.8, 4) is 0 Å². The van der Waals surface area contributed by atoms with Crippen molar-refractivity contribution in [3.05, 3.63) is 71.5 Å². The topological polar surface area (TPSA) is 66.4 Å². The molecule has 0 spiro atoms. The van der Waals surface area contributed by atoms with E-state index in [1.165, 1.54) is 6.07 Å². The van der Waals surface area contributed by atoms with Gasteiger partial charge in [0.15, 0.2) is 0 Å². The Hall–Kier alpha value is -2.69. The average molecular weight is 315 g/mol. The summed E-state index contributed by atoms with van der Waals surface area (Å²) in [6, 6.07) is 14.3. The Morgan fingerprint density at radius 2 is 1.70 bits per heavy atom. The molecule has 2 atom stereocenters. The van der Waals surface area contributed by atoms with Gasteiger partial charge in [-0.1, -0.05) is 48.5 Å². The maximum Gasteiger partial charge on any atom is 0.305 e. The number of nitrogens with one attached hydrogen (secondary N) is 1.